The second-order valence-corrected chi connectivity index (χ2v) is 9.25. The van der Waals surface area contributed by atoms with Gasteiger partial charge in [0.2, 0.25) is 0 Å². The molecule has 0 unspecified atom stereocenters. The van der Waals surface area contributed by atoms with Gasteiger partial charge in [-0.25, -0.2) is 0 Å². The van der Waals surface area contributed by atoms with Crippen LogP contribution in [0.2, 0.25) is 0 Å². The fraction of sp³-hybridized carbons (Fsp3) is 0.167. The van der Waals surface area contributed by atoms with E-state index in [0.29, 0.717) is 0 Å². The highest BCUT2D eigenvalue weighted by Crippen LogP contribution is 2.51. The molecule has 0 bridgehead atoms. The first-order valence-electron chi connectivity index (χ1n) is 10.7. The molecule has 3 aliphatic rings. The highest BCUT2D eigenvalue weighted by Gasteiger charge is 2.38. The Labute approximate surface area is 178 Å². The first kappa shape index (κ1) is 17.5. The van der Waals surface area contributed by atoms with E-state index in [9.17, 15) is 0 Å². The minimum atomic E-state index is -0.0235. The van der Waals surface area contributed by atoms with Crippen molar-refractivity contribution in [3.05, 3.63) is 118 Å². The molecule has 0 heterocycles. The molecule has 3 aromatic rings. The van der Waals surface area contributed by atoms with E-state index in [1.54, 1.807) is 0 Å². The van der Waals surface area contributed by atoms with E-state index in [1.165, 1.54) is 61.2 Å². The summed E-state index contributed by atoms with van der Waals surface area (Å²) in [7, 11) is 0. The molecule has 0 heteroatoms. The summed E-state index contributed by atoms with van der Waals surface area (Å²) >= 11 is 0. The molecule has 6 rings (SSSR count). The normalized spacial score (nSPS) is 17.2. The van der Waals surface area contributed by atoms with Crippen molar-refractivity contribution in [2.45, 2.75) is 32.6 Å². The molecular formula is C30H24. The molecule has 3 aromatic carbocycles. The van der Waals surface area contributed by atoms with Gasteiger partial charge in [0.15, 0.2) is 0 Å². The Kier molecular flexibility index (Phi) is 3.55. The van der Waals surface area contributed by atoms with Gasteiger partial charge in [0, 0.05) is 11.0 Å². The Morgan fingerprint density at radius 2 is 1.57 bits per heavy atom. The first-order valence-corrected chi connectivity index (χ1v) is 10.7. The molecule has 0 aromatic heterocycles. The quantitative estimate of drug-likeness (QED) is 0.296. The first-order chi connectivity index (χ1) is 14.5. The topological polar surface area (TPSA) is 0 Å². The summed E-state index contributed by atoms with van der Waals surface area (Å²) in [6.45, 7) is 6.85. The van der Waals surface area contributed by atoms with Crippen LogP contribution in [-0.4, -0.2) is 0 Å². The van der Waals surface area contributed by atoms with Crippen LogP contribution in [-0.2, 0) is 11.8 Å². The summed E-state index contributed by atoms with van der Waals surface area (Å²) in [5.41, 5.74) is 18.4. The van der Waals surface area contributed by atoms with Crippen LogP contribution in [0.3, 0.4) is 0 Å². The summed E-state index contributed by atoms with van der Waals surface area (Å²) in [5.74, 6) is 0. The smallest absolute Gasteiger partial charge is 0.0281 e. The summed E-state index contributed by atoms with van der Waals surface area (Å²) in [5, 5.41) is 0. The summed E-state index contributed by atoms with van der Waals surface area (Å²) < 4.78 is 0. The van der Waals surface area contributed by atoms with Gasteiger partial charge in [0.1, 0.15) is 0 Å². The lowest BCUT2D eigenvalue weighted by atomic mass is 9.81. The lowest BCUT2D eigenvalue weighted by Gasteiger charge is -2.22. The Balaban J connectivity index is 1.50. The van der Waals surface area contributed by atoms with Gasteiger partial charge >= 0.3 is 0 Å². The molecule has 0 amide bonds. The van der Waals surface area contributed by atoms with Gasteiger partial charge in [-0.15, -0.1) is 5.73 Å². The number of allylic oxidation sites excluding steroid dienone is 5. The highest BCUT2D eigenvalue weighted by atomic mass is 14.4. The van der Waals surface area contributed by atoms with Crippen molar-refractivity contribution >= 4 is 5.57 Å². The zero-order valence-electron chi connectivity index (χ0n) is 17.7. The number of benzene rings is 3. The summed E-state index contributed by atoms with van der Waals surface area (Å²) in [6.07, 6.45) is 7.58. The van der Waals surface area contributed by atoms with Crippen LogP contribution >= 0.6 is 0 Å². The van der Waals surface area contributed by atoms with Crippen LogP contribution in [0.5, 0.6) is 0 Å². The Hall–Kier alpha value is -3.34. The molecule has 0 nitrogen and oxygen atoms in total. The number of fused-ring (bicyclic) bond motifs is 6. The molecule has 144 valence electrons. The molecule has 0 saturated heterocycles. The summed E-state index contributed by atoms with van der Waals surface area (Å²) in [6, 6.07) is 22.8. The third-order valence-corrected chi connectivity index (χ3v) is 6.98. The van der Waals surface area contributed by atoms with E-state index in [0.717, 1.165) is 6.42 Å². The number of rotatable bonds is 1. The zero-order chi connectivity index (χ0) is 20.5. The maximum absolute atomic E-state index is 3.54. The molecule has 0 radical (unpaired) electrons. The van der Waals surface area contributed by atoms with Crippen molar-refractivity contribution in [1.82, 2.24) is 0 Å². The standard InChI is InChI=1S/C30H24/c1-19-7-6-10-25-26-14-13-21(18-29(26)30(2,3)28(25)15-19)20-11-12-23-16-22-8-4-5-9-24(22)27(23)17-20/h4-9,11-15,17-18H,16H2,1-3H3. The van der Waals surface area contributed by atoms with E-state index >= 15 is 0 Å². The maximum atomic E-state index is 3.54. The van der Waals surface area contributed by atoms with Crippen LogP contribution in [0, 0.1) is 0 Å². The highest BCUT2D eigenvalue weighted by molar-refractivity contribution is 5.92. The van der Waals surface area contributed by atoms with E-state index in [2.05, 4.69) is 105 Å². The lowest BCUT2D eigenvalue weighted by Crippen LogP contribution is -2.15. The van der Waals surface area contributed by atoms with Crippen molar-refractivity contribution < 1.29 is 0 Å². The number of hydrogen-bond acceptors (Lipinski definition) is 0. The molecule has 0 atom stereocenters. The number of hydrogen-bond donors (Lipinski definition) is 0. The largest absolute Gasteiger partial charge is 0.112 e. The average molecular weight is 385 g/mol. The molecule has 30 heavy (non-hydrogen) atoms. The van der Waals surface area contributed by atoms with Gasteiger partial charge in [-0.05, 0) is 81.6 Å². The molecule has 0 saturated carbocycles. The monoisotopic (exact) mass is 384 g/mol. The van der Waals surface area contributed by atoms with Gasteiger partial charge in [-0.3, -0.25) is 0 Å². The third-order valence-electron chi connectivity index (χ3n) is 6.98. The Morgan fingerprint density at radius 3 is 2.47 bits per heavy atom. The minimum Gasteiger partial charge on any atom is -0.112 e. The second-order valence-electron chi connectivity index (χ2n) is 9.25. The molecule has 0 fully saturated rings. The van der Waals surface area contributed by atoms with Crippen LogP contribution < -0.4 is 0 Å². The molecule has 0 N–H and O–H groups in total. The Morgan fingerprint density at radius 1 is 0.800 bits per heavy atom. The maximum Gasteiger partial charge on any atom is 0.0281 e. The third kappa shape index (κ3) is 2.41. The van der Waals surface area contributed by atoms with E-state index in [1.807, 2.05) is 0 Å². The molecule has 3 aliphatic carbocycles. The zero-order valence-corrected chi connectivity index (χ0v) is 17.7. The average Bonchev–Trinajstić information content (AvgIpc) is 3.11. The molecule has 0 spiro atoms. The van der Waals surface area contributed by atoms with Gasteiger partial charge in [-0.1, -0.05) is 80.1 Å². The minimum absolute atomic E-state index is 0.0235. The predicted molar refractivity (Wildman–Crippen MR) is 126 cm³/mol. The van der Waals surface area contributed by atoms with Crippen LogP contribution in [0.4, 0.5) is 0 Å². The van der Waals surface area contributed by atoms with Crippen molar-refractivity contribution in [2.24, 2.45) is 0 Å². The van der Waals surface area contributed by atoms with Gasteiger partial charge in [0.05, 0.1) is 0 Å². The van der Waals surface area contributed by atoms with Crippen molar-refractivity contribution in [2.75, 3.05) is 0 Å². The SMILES string of the molecule is CC1=CC=C=C2C(=C1)C(C)(C)c1cc(-c3ccc4c(c3)-c3ccccc3C4)ccc12. The van der Waals surface area contributed by atoms with Crippen molar-refractivity contribution in [3.63, 3.8) is 0 Å². The fourth-order valence-electron chi connectivity index (χ4n) is 5.31. The van der Waals surface area contributed by atoms with E-state index < -0.39 is 0 Å². The lowest BCUT2D eigenvalue weighted by molar-refractivity contribution is 0.660. The van der Waals surface area contributed by atoms with Crippen LogP contribution in [0.25, 0.3) is 27.8 Å². The fourth-order valence-corrected chi connectivity index (χ4v) is 5.31. The van der Waals surface area contributed by atoms with Gasteiger partial charge in [-0.2, -0.15) is 0 Å². The van der Waals surface area contributed by atoms with Crippen molar-refractivity contribution in [1.29, 1.82) is 0 Å². The molecule has 0 aliphatic heterocycles. The van der Waals surface area contributed by atoms with Crippen LogP contribution in [0.1, 0.15) is 43.0 Å². The van der Waals surface area contributed by atoms with Crippen molar-refractivity contribution in [3.8, 4) is 22.3 Å². The van der Waals surface area contributed by atoms with Crippen LogP contribution in [0.15, 0.2) is 95.8 Å². The second kappa shape index (κ2) is 6.08. The molecular weight excluding hydrogens is 360 g/mol. The summed E-state index contributed by atoms with van der Waals surface area (Å²) in [4.78, 5) is 0. The van der Waals surface area contributed by atoms with Gasteiger partial charge in [0.25, 0.3) is 0 Å². The van der Waals surface area contributed by atoms with Gasteiger partial charge < -0.3 is 0 Å². The predicted octanol–water partition coefficient (Wildman–Crippen LogP) is 7.64. The van der Waals surface area contributed by atoms with E-state index in [-0.39, 0.29) is 5.41 Å². The Bertz CT molecular complexity index is 1360. The van der Waals surface area contributed by atoms with E-state index in [4.69, 9.17) is 0 Å².